The Labute approximate surface area is 79.2 Å². The summed E-state index contributed by atoms with van der Waals surface area (Å²) in [6.07, 6.45) is 0.329. The van der Waals surface area contributed by atoms with Gasteiger partial charge in [-0.1, -0.05) is 12.1 Å². The third kappa shape index (κ3) is 1.64. The summed E-state index contributed by atoms with van der Waals surface area (Å²) in [6.45, 7) is 0. The van der Waals surface area contributed by atoms with Crippen molar-refractivity contribution in [2.75, 3.05) is 0 Å². The summed E-state index contributed by atoms with van der Waals surface area (Å²) in [6, 6.07) is 9.39. The van der Waals surface area contributed by atoms with Gasteiger partial charge in [-0.3, -0.25) is 0 Å². The number of benzene rings is 1. The molecule has 0 aromatic heterocycles. The maximum absolute atomic E-state index is 8.65. The first-order chi connectivity index (χ1) is 5.79. The van der Waals surface area contributed by atoms with Crippen molar-refractivity contribution in [2.24, 2.45) is 0 Å². The van der Waals surface area contributed by atoms with Crippen molar-refractivity contribution in [1.29, 1.82) is 10.5 Å². The van der Waals surface area contributed by atoms with Gasteiger partial charge >= 0.3 is 0 Å². The van der Waals surface area contributed by atoms with Crippen LogP contribution in [-0.2, 0) is 6.42 Å². The average molecular weight is 221 g/mol. The summed E-state index contributed by atoms with van der Waals surface area (Å²) in [4.78, 5) is 0. The van der Waals surface area contributed by atoms with Gasteiger partial charge < -0.3 is 0 Å². The van der Waals surface area contributed by atoms with Crippen molar-refractivity contribution in [3.05, 3.63) is 33.8 Å². The van der Waals surface area contributed by atoms with E-state index in [1.54, 1.807) is 12.1 Å². The third-order valence-corrected chi connectivity index (χ3v) is 2.41. The normalized spacial score (nSPS) is 8.58. The molecule has 0 aliphatic carbocycles. The van der Waals surface area contributed by atoms with Gasteiger partial charge in [0.15, 0.2) is 0 Å². The smallest absolute Gasteiger partial charge is 0.100 e. The molecule has 0 amide bonds. The Morgan fingerprint density at radius 2 is 2.08 bits per heavy atom. The summed E-state index contributed by atoms with van der Waals surface area (Å²) >= 11 is 3.27. The lowest BCUT2D eigenvalue weighted by Crippen LogP contribution is -1.86. The molecule has 0 saturated carbocycles. The van der Waals surface area contributed by atoms with Crippen LogP contribution >= 0.6 is 15.9 Å². The fourth-order valence-corrected chi connectivity index (χ4v) is 1.38. The van der Waals surface area contributed by atoms with Crippen LogP contribution in [0, 0.1) is 22.7 Å². The number of rotatable bonds is 1. The van der Waals surface area contributed by atoms with E-state index in [1.807, 2.05) is 18.2 Å². The van der Waals surface area contributed by atoms with Crippen LogP contribution in [0.25, 0.3) is 0 Å². The van der Waals surface area contributed by atoms with E-state index in [0.29, 0.717) is 12.0 Å². The number of nitrogens with zero attached hydrogens (tertiary/aromatic N) is 2. The fraction of sp³-hybridized carbons (Fsp3) is 0.111. The van der Waals surface area contributed by atoms with Gasteiger partial charge in [0.1, 0.15) is 6.07 Å². The van der Waals surface area contributed by atoms with E-state index in [2.05, 4.69) is 15.9 Å². The molecule has 58 valence electrons. The molecule has 1 aromatic carbocycles. The summed E-state index contributed by atoms with van der Waals surface area (Å²) in [7, 11) is 0. The maximum atomic E-state index is 8.65. The van der Waals surface area contributed by atoms with Crippen LogP contribution in [0.4, 0.5) is 0 Å². The van der Waals surface area contributed by atoms with Gasteiger partial charge in [0.05, 0.1) is 18.1 Å². The van der Waals surface area contributed by atoms with Gasteiger partial charge in [0.2, 0.25) is 0 Å². The maximum Gasteiger partial charge on any atom is 0.100 e. The number of hydrogen-bond donors (Lipinski definition) is 0. The highest BCUT2D eigenvalue weighted by Crippen LogP contribution is 2.21. The zero-order chi connectivity index (χ0) is 8.97. The molecule has 0 atom stereocenters. The lowest BCUT2D eigenvalue weighted by molar-refractivity contribution is 1.24. The van der Waals surface area contributed by atoms with Crippen LogP contribution in [0.3, 0.4) is 0 Å². The molecule has 0 bridgehead atoms. The number of hydrogen-bond acceptors (Lipinski definition) is 2. The standard InChI is InChI=1S/C9H5BrN2/c10-9-7(4-5-11)2-1-3-8(9)6-12/h1-3H,4H2. The topological polar surface area (TPSA) is 47.6 Å². The second kappa shape index (κ2) is 3.90. The van der Waals surface area contributed by atoms with Crippen molar-refractivity contribution in [3.8, 4) is 12.1 Å². The quantitative estimate of drug-likeness (QED) is 0.730. The van der Waals surface area contributed by atoms with E-state index in [4.69, 9.17) is 10.5 Å². The van der Waals surface area contributed by atoms with E-state index in [9.17, 15) is 0 Å². The first-order valence-electron chi connectivity index (χ1n) is 3.34. The van der Waals surface area contributed by atoms with Gasteiger partial charge in [0.25, 0.3) is 0 Å². The molecule has 0 spiro atoms. The van der Waals surface area contributed by atoms with Crippen LogP contribution in [0.5, 0.6) is 0 Å². The van der Waals surface area contributed by atoms with Gasteiger partial charge in [-0.15, -0.1) is 0 Å². The molecule has 0 aliphatic rings. The molecule has 2 nitrogen and oxygen atoms in total. The molecule has 3 heteroatoms. The Bertz CT molecular complexity index is 371. The average Bonchev–Trinajstić information content (AvgIpc) is 2.09. The van der Waals surface area contributed by atoms with Crippen LogP contribution in [0.15, 0.2) is 22.7 Å². The minimum Gasteiger partial charge on any atom is -0.198 e. The SMILES string of the molecule is N#CCc1cccc(C#N)c1Br. The van der Waals surface area contributed by atoms with E-state index in [0.717, 1.165) is 10.0 Å². The first-order valence-corrected chi connectivity index (χ1v) is 4.13. The van der Waals surface area contributed by atoms with Gasteiger partial charge in [-0.2, -0.15) is 10.5 Å². The van der Waals surface area contributed by atoms with Crippen molar-refractivity contribution in [3.63, 3.8) is 0 Å². The predicted octanol–water partition coefficient (Wildman–Crippen LogP) is 2.39. The van der Waals surface area contributed by atoms with Crippen molar-refractivity contribution >= 4 is 15.9 Å². The molecule has 0 aliphatic heterocycles. The highest BCUT2D eigenvalue weighted by atomic mass is 79.9. The Balaban J connectivity index is 3.18. The molecule has 1 aromatic rings. The molecular formula is C9H5BrN2. The van der Waals surface area contributed by atoms with E-state index in [-0.39, 0.29) is 0 Å². The minimum atomic E-state index is 0.329. The molecule has 0 radical (unpaired) electrons. The summed E-state index contributed by atoms with van der Waals surface area (Å²) in [5.74, 6) is 0. The molecule has 0 unspecified atom stereocenters. The predicted molar refractivity (Wildman–Crippen MR) is 48.2 cm³/mol. The largest absolute Gasteiger partial charge is 0.198 e. The summed E-state index contributed by atoms with van der Waals surface area (Å²) in [5.41, 5.74) is 1.43. The van der Waals surface area contributed by atoms with E-state index >= 15 is 0 Å². The molecule has 12 heavy (non-hydrogen) atoms. The Morgan fingerprint density at radius 1 is 1.33 bits per heavy atom. The first kappa shape index (κ1) is 8.77. The van der Waals surface area contributed by atoms with Crippen LogP contribution < -0.4 is 0 Å². The van der Waals surface area contributed by atoms with Gasteiger partial charge in [-0.25, -0.2) is 0 Å². The fourth-order valence-electron chi connectivity index (χ4n) is 0.888. The van der Waals surface area contributed by atoms with Crippen molar-refractivity contribution < 1.29 is 0 Å². The second-order valence-electron chi connectivity index (χ2n) is 2.23. The highest BCUT2D eigenvalue weighted by Gasteiger charge is 2.03. The van der Waals surface area contributed by atoms with Crippen LogP contribution in [0.2, 0.25) is 0 Å². The van der Waals surface area contributed by atoms with Crippen molar-refractivity contribution in [1.82, 2.24) is 0 Å². The molecule has 1 rings (SSSR count). The molecular weight excluding hydrogens is 216 g/mol. The summed E-state index contributed by atoms with van der Waals surface area (Å²) in [5, 5.41) is 17.1. The van der Waals surface area contributed by atoms with E-state index < -0.39 is 0 Å². The number of nitriles is 2. The van der Waals surface area contributed by atoms with Gasteiger partial charge in [0, 0.05) is 4.47 Å². The van der Waals surface area contributed by atoms with Crippen LogP contribution in [-0.4, -0.2) is 0 Å². The van der Waals surface area contributed by atoms with Crippen LogP contribution in [0.1, 0.15) is 11.1 Å². The highest BCUT2D eigenvalue weighted by molar-refractivity contribution is 9.10. The molecule has 0 N–H and O–H groups in total. The number of halogens is 1. The zero-order valence-corrected chi connectivity index (χ0v) is 7.80. The Morgan fingerprint density at radius 3 is 2.67 bits per heavy atom. The lowest BCUT2D eigenvalue weighted by Gasteiger charge is -1.99. The van der Waals surface area contributed by atoms with Gasteiger partial charge in [-0.05, 0) is 27.6 Å². The summed E-state index contributed by atoms with van der Waals surface area (Å²) < 4.78 is 0.731. The lowest BCUT2D eigenvalue weighted by atomic mass is 10.1. The molecule has 0 saturated heterocycles. The second-order valence-corrected chi connectivity index (χ2v) is 3.02. The zero-order valence-electron chi connectivity index (χ0n) is 6.21. The third-order valence-electron chi connectivity index (χ3n) is 1.47. The Kier molecular flexibility index (Phi) is 2.85. The van der Waals surface area contributed by atoms with Crippen molar-refractivity contribution in [2.45, 2.75) is 6.42 Å². The minimum absolute atomic E-state index is 0.329. The Hall–Kier alpha value is -1.32. The molecule has 0 fully saturated rings. The molecule has 0 heterocycles. The monoisotopic (exact) mass is 220 g/mol. The van der Waals surface area contributed by atoms with E-state index in [1.165, 1.54) is 0 Å².